The molecule has 1 atom stereocenters. The Labute approximate surface area is 156 Å². The van der Waals surface area contributed by atoms with Gasteiger partial charge in [-0.3, -0.25) is 9.59 Å². The van der Waals surface area contributed by atoms with Gasteiger partial charge in [0.2, 0.25) is 5.41 Å². The van der Waals surface area contributed by atoms with E-state index in [1.54, 1.807) is 6.08 Å². The van der Waals surface area contributed by atoms with Crippen LogP contribution in [-0.4, -0.2) is 40.6 Å². The zero-order valence-electron chi connectivity index (χ0n) is 16.6. The van der Waals surface area contributed by atoms with Crippen molar-refractivity contribution in [1.82, 2.24) is 0 Å². The van der Waals surface area contributed by atoms with E-state index in [9.17, 15) is 9.59 Å². The fourth-order valence-corrected chi connectivity index (χ4v) is 4.34. The van der Waals surface area contributed by atoms with Crippen LogP contribution in [0.5, 0.6) is 0 Å². The van der Waals surface area contributed by atoms with Crippen LogP contribution in [0.4, 0.5) is 0 Å². The lowest BCUT2D eigenvalue weighted by Crippen LogP contribution is -2.46. The molecular formula is C20H28O5Si. The van der Waals surface area contributed by atoms with E-state index >= 15 is 0 Å². The predicted molar refractivity (Wildman–Crippen MR) is 102 cm³/mol. The molecule has 0 aromatic heterocycles. The highest BCUT2D eigenvalue weighted by Gasteiger charge is 2.64. The maximum Gasteiger partial charge on any atom is 0.331 e. The van der Waals surface area contributed by atoms with E-state index in [4.69, 9.17) is 13.9 Å². The number of esters is 2. The molecule has 1 aromatic carbocycles. The smallest absolute Gasteiger partial charge is 0.331 e. The van der Waals surface area contributed by atoms with E-state index in [1.165, 1.54) is 14.2 Å². The highest BCUT2D eigenvalue weighted by Crippen LogP contribution is 2.53. The molecule has 5 nitrogen and oxygen atoms in total. The molecule has 1 unspecified atom stereocenters. The van der Waals surface area contributed by atoms with Crippen molar-refractivity contribution in [3.8, 4) is 0 Å². The van der Waals surface area contributed by atoms with Gasteiger partial charge in [-0.2, -0.15) is 0 Å². The molecule has 0 N–H and O–H groups in total. The first kappa shape index (κ1) is 20.4. The van der Waals surface area contributed by atoms with Crippen molar-refractivity contribution >= 4 is 20.3 Å². The van der Waals surface area contributed by atoms with Gasteiger partial charge in [0.1, 0.15) is 0 Å². The SMILES string of the molecule is COC(=O)C1(C(=O)OC)C=C1C(O[Si](C)(C)C)C(C)(C)c1ccccc1. The van der Waals surface area contributed by atoms with E-state index in [1.807, 2.05) is 30.3 Å². The van der Waals surface area contributed by atoms with Crippen molar-refractivity contribution < 1.29 is 23.5 Å². The Kier molecular flexibility index (Phi) is 5.49. The first-order valence-electron chi connectivity index (χ1n) is 8.64. The van der Waals surface area contributed by atoms with Crippen LogP contribution in [-0.2, 0) is 28.9 Å². The number of carbonyl (C=O) groups is 2. The summed E-state index contributed by atoms with van der Waals surface area (Å²) in [5.74, 6) is -1.26. The molecular weight excluding hydrogens is 348 g/mol. The maximum atomic E-state index is 12.4. The lowest BCUT2D eigenvalue weighted by atomic mass is 9.76. The molecule has 0 amide bonds. The molecule has 0 fully saturated rings. The molecule has 0 saturated carbocycles. The molecule has 26 heavy (non-hydrogen) atoms. The summed E-state index contributed by atoms with van der Waals surface area (Å²) in [6, 6.07) is 9.95. The minimum atomic E-state index is -1.98. The molecule has 0 saturated heterocycles. The Bertz CT molecular complexity index is 699. The third kappa shape index (κ3) is 3.62. The molecule has 1 aliphatic rings. The van der Waals surface area contributed by atoms with Crippen LogP contribution in [0, 0.1) is 5.41 Å². The zero-order valence-corrected chi connectivity index (χ0v) is 17.6. The number of benzene rings is 1. The van der Waals surface area contributed by atoms with Crippen LogP contribution in [0.3, 0.4) is 0 Å². The average Bonchev–Trinajstić information content (AvgIpc) is 3.34. The third-order valence-corrected chi connectivity index (χ3v) is 5.63. The quantitative estimate of drug-likeness (QED) is 0.316. The minimum Gasteiger partial charge on any atom is -0.468 e. The first-order chi connectivity index (χ1) is 12.0. The average molecular weight is 377 g/mol. The molecule has 0 aliphatic heterocycles. The number of rotatable bonds is 7. The summed E-state index contributed by atoms with van der Waals surface area (Å²) < 4.78 is 16.3. The number of carbonyl (C=O) groups excluding carboxylic acids is 2. The Balaban J connectivity index is 2.49. The second kappa shape index (κ2) is 7.00. The Hall–Kier alpha value is -1.92. The van der Waals surface area contributed by atoms with Gasteiger partial charge in [-0.1, -0.05) is 44.2 Å². The van der Waals surface area contributed by atoms with E-state index in [2.05, 4.69) is 33.5 Å². The molecule has 1 aromatic rings. The van der Waals surface area contributed by atoms with Gasteiger partial charge in [0, 0.05) is 5.41 Å². The normalized spacial score (nSPS) is 17.1. The molecule has 0 radical (unpaired) electrons. The number of hydrogen-bond acceptors (Lipinski definition) is 5. The second-order valence-corrected chi connectivity index (χ2v) is 12.5. The lowest BCUT2D eigenvalue weighted by Gasteiger charge is -2.39. The first-order valence-corrected chi connectivity index (χ1v) is 12.0. The summed E-state index contributed by atoms with van der Waals surface area (Å²) in [6.45, 7) is 10.4. The van der Waals surface area contributed by atoms with Crippen molar-refractivity contribution in [2.75, 3.05) is 14.2 Å². The van der Waals surface area contributed by atoms with Gasteiger partial charge in [-0.15, -0.1) is 0 Å². The molecule has 0 spiro atoms. The van der Waals surface area contributed by atoms with Crippen molar-refractivity contribution in [3.05, 3.63) is 47.5 Å². The maximum absolute atomic E-state index is 12.4. The number of methoxy groups -OCH3 is 2. The molecule has 2 rings (SSSR count). The highest BCUT2D eigenvalue weighted by atomic mass is 28.4. The van der Waals surface area contributed by atoms with Crippen LogP contribution in [0.1, 0.15) is 19.4 Å². The van der Waals surface area contributed by atoms with E-state index in [0.29, 0.717) is 5.57 Å². The van der Waals surface area contributed by atoms with Gasteiger partial charge in [-0.05, 0) is 36.9 Å². The van der Waals surface area contributed by atoms with Crippen molar-refractivity contribution in [3.63, 3.8) is 0 Å². The van der Waals surface area contributed by atoms with Gasteiger partial charge in [-0.25, -0.2) is 0 Å². The van der Waals surface area contributed by atoms with Crippen LogP contribution in [0.15, 0.2) is 42.0 Å². The summed E-state index contributed by atoms with van der Waals surface area (Å²) in [5.41, 5.74) is -0.232. The topological polar surface area (TPSA) is 61.8 Å². The molecule has 142 valence electrons. The van der Waals surface area contributed by atoms with Crippen LogP contribution in [0.25, 0.3) is 0 Å². The summed E-state index contributed by atoms with van der Waals surface area (Å²) in [7, 11) is 0.559. The summed E-state index contributed by atoms with van der Waals surface area (Å²) in [6.07, 6.45) is 1.19. The fourth-order valence-electron chi connectivity index (χ4n) is 3.21. The minimum absolute atomic E-state index is 0.435. The summed E-state index contributed by atoms with van der Waals surface area (Å²) >= 11 is 0. The third-order valence-electron chi connectivity index (χ3n) is 4.69. The Morgan fingerprint density at radius 2 is 1.50 bits per heavy atom. The largest absolute Gasteiger partial charge is 0.468 e. The van der Waals surface area contributed by atoms with Crippen molar-refractivity contribution in [1.29, 1.82) is 0 Å². The monoisotopic (exact) mass is 376 g/mol. The Morgan fingerprint density at radius 1 is 1.00 bits per heavy atom. The van der Waals surface area contributed by atoms with Gasteiger partial charge >= 0.3 is 11.9 Å². The molecule has 1 aliphatic carbocycles. The van der Waals surface area contributed by atoms with E-state index < -0.39 is 37.2 Å². The second-order valence-electron chi connectivity index (χ2n) is 8.09. The van der Waals surface area contributed by atoms with Crippen LogP contribution < -0.4 is 0 Å². The van der Waals surface area contributed by atoms with Gasteiger partial charge in [0.25, 0.3) is 0 Å². The highest BCUT2D eigenvalue weighted by molar-refractivity contribution is 6.69. The standard InChI is InChI=1S/C20H28O5Si/c1-19(2,14-11-9-8-10-12-14)16(25-26(5,6)7)15-13-20(15,17(21)23-3)18(22)24-4/h8-13,16H,1-7H3. The predicted octanol–water partition coefficient (Wildman–Crippen LogP) is 3.46. The van der Waals surface area contributed by atoms with Crippen molar-refractivity contribution in [2.45, 2.75) is 45.0 Å². The van der Waals surface area contributed by atoms with Gasteiger partial charge < -0.3 is 13.9 Å². The summed E-state index contributed by atoms with van der Waals surface area (Å²) in [5, 5.41) is 0. The summed E-state index contributed by atoms with van der Waals surface area (Å²) in [4.78, 5) is 24.8. The van der Waals surface area contributed by atoms with Crippen LogP contribution >= 0.6 is 0 Å². The van der Waals surface area contributed by atoms with Gasteiger partial charge in [0.05, 0.1) is 20.3 Å². The van der Waals surface area contributed by atoms with E-state index in [0.717, 1.165) is 5.56 Å². The van der Waals surface area contributed by atoms with Crippen molar-refractivity contribution in [2.24, 2.45) is 5.41 Å². The molecule has 0 bridgehead atoms. The number of ether oxygens (including phenoxy) is 2. The van der Waals surface area contributed by atoms with Crippen LogP contribution in [0.2, 0.25) is 19.6 Å². The van der Waals surface area contributed by atoms with E-state index in [-0.39, 0.29) is 0 Å². The Morgan fingerprint density at radius 3 is 1.92 bits per heavy atom. The number of hydrogen-bond donors (Lipinski definition) is 0. The van der Waals surface area contributed by atoms with Gasteiger partial charge in [0.15, 0.2) is 8.32 Å². The molecule has 0 heterocycles. The molecule has 6 heteroatoms. The fraction of sp³-hybridized carbons (Fsp3) is 0.500. The lowest BCUT2D eigenvalue weighted by molar-refractivity contribution is -0.160. The zero-order chi connectivity index (χ0) is 19.8.